The Balaban J connectivity index is 2.22. The lowest BCUT2D eigenvalue weighted by molar-refractivity contribution is 0.102. The van der Waals surface area contributed by atoms with Gasteiger partial charge in [0.05, 0.1) is 15.7 Å². The smallest absolute Gasteiger partial charge is 0.274 e. The highest BCUT2D eigenvalue weighted by molar-refractivity contribution is 6.44. The van der Waals surface area contributed by atoms with Crippen LogP contribution in [0.15, 0.2) is 24.3 Å². The summed E-state index contributed by atoms with van der Waals surface area (Å²) < 4.78 is 0. The number of carbonyl (C=O) groups is 1. The molecule has 0 atom stereocenters. The molecular weight excluding hydrogens is 323 g/mol. The fourth-order valence-corrected chi connectivity index (χ4v) is 2.16. The lowest BCUT2D eigenvalue weighted by atomic mass is 10.3. The molecule has 5 nitrogen and oxygen atoms in total. The largest absolute Gasteiger partial charge is 0.370 e. The van der Waals surface area contributed by atoms with Crippen LogP contribution in [0.2, 0.25) is 10.0 Å². The van der Waals surface area contributed by atoms with E-state index in [2.05, 4.69) is 27.5 Å². The van der Waals surface area contributed by atoms with E-state index in [-0.39, 0.29) is 11.6 Å². The molecule has 0 fully saturated rings. The van der Waals surface area contributed by atoms with Crippen LogP contribution in [0.3, 0.4) is 0 Å². The topological polar surface area (TPSA) is 66.9 Å². The number of nitrogens with zero attached hydrogens (tertiary/aromatic N) is 2. The summed E-state index contributed by atoms with van der Waals surface area (Å²) in [5.74, 6) is 0.773. The minimum atomic E-state index is -0.366. The minimum absolute atomic E-state index is 0.266. The van der Waals surface area contributed by atoms with Gasteiger partial charge in [-0.3, -0.25) is 4.79 Å². The Labute approximate surface area is 139 Å². The number of benzene rings is 1. The molecule has 1 aromatic heterocycles. The number of aryl methyl sites for hydroxylation is 1. The molecule has 1 aromatic carbocycles. The molecule has 2 rings (SSSR count). The van der Waals surface area contributed by atoms with Gasteiger partial charge in [0.15, 0.2) is 0 Å². The summed E-state index contributed by atoms with van der Waals surface area (Å²) in [5, 5.41) is 6.52. The lowest BCUT2D eigenvalue weighted by Crippen LogP contribution is -2.16. The molecule has 0 bridgehead atoms. The Hall–Kier alpha value is -1.85. The van der Waals surface area contributed by atoms with Gasteiger partial charge in [-0.1, -0.05) is 36.2 Å². The van der Waals surface area contributed by atoms with Crippen LogP contribution in [0.25, 0.3) is 0 Å². The third kappa shape index (κ3) is 4.08. The molecule has 0 radical (unpaired) electrons. The van der Waals surface area contributed by atoms with Crippen molar-refractivity contribution in [2.45, 2.75) is 20.3 Å². The van der Waals surface area contributed by atoms with Crippen LogP contribution in [0, 0.1) is 6.92 Å². The number of anilines is 2. The van der Waals surface area contributed by atoms with Gasteiger partial charge in [-0.25, -0.2) is 9.97 Å². The van der Waals surface area contributed by atoms with E-state index >= 15 is 0 Å². The monoisotopic (exact) mass is 338 g/mol. The van der Waals surface area contributed by atoms with Crippen LogP contribution in [-0.4, -0.2) is 22.4 Å². The molecule has 0 saturated heterocycles. The standard InChI is InChI=1S/C15H16Cl2N4O/c1-3-7-18-13-8-12(19-9(2)20-13)15(22)21-11-6-4-5-10(16)14(11)17/h4-6,8H,3,7H2,1-2H3,(H,21,22)(H,18,19,20). The second-order valence-electron chi connectivity index (χ2n) is 4.67. The molecule has 0 unspecified atom stereocenters. The van der Waals surface area contributed by atoms with Gasteiger partial charge in [-0.15, -0.1) is 0 Å². The van der Waals surface area contributed by atoms with Crippen molar-refractivity contribution in [1.29, 1.82) is 0 Å². The molecular formula is C15H16Cl2N4O. The zero-order chi connectivity index (χ0) is 16.1. The molecule has 2 N–H and O–H groups in total. The van der Waals surface area contributed by atoms with E-state index in [1.54, 1.807) is 31.2 Å². The van der Waals surface area contributed by atoms with Gasteiger partial charge in [0, 0.05) is 12.6 Å². The van der Waals surface area contributed by atoms with Gasteiger partial charge in [0.2, 0.25) is 0 Å². The van der Waals surface area contributed by atoms with Crippen LogP contribution in [0.4, 0.5) is 11.5 Å². The van der Waals surface area contributed by atoms with Crippen molar-refractivity contribution >= 4 is 40.6 Å². The fraction of sp³-hybridized carbons (Fsp3) is 0.267. The van der Waals surface area contributed by atoms with E-state index in [1.165, 1.54) is 0 Å². The highest BCUT2D eigenvalue weighted by Gasteiger charge is 2.13. The van der Waals surface area contributed by atoms with E-state index < -0.39 is 0 Å². The van der Waals surface area contributed by atoms with Crippen LogP contribution in [0.5, 0.6) is 0 Å². The Morgan fingerprint density at radius 3 is 2.77 bits per heavy atom. The van der Waals surface area contributed by atoms with E-state index in [9.17, 15) is 4.79 Å². The van der Waals surface area contributed by atoms with Gasteiger partial charge < -0.3 is 10.6 Å². The third-order valence-electron chi connectivity index (χ3n) is 2.83. The first-order valence-electron chi connectivity index (χ1n) is 6.86. The van der Waals surface area contributed by atoms with Crippen molar-refractivity contribution in [3.8, 4) is 0 Å². The van der Waals surface area contributed by atoms with Gasteiger partial charge in [-0.05, 0) is 25.5 Å². The summed E-state index contributed by atoms with van der Waals surface area (Å²) in [4.78, 5) is 20.7. The molecule has 7 heteroatoms. The molecule has 1 heterocycles. The summed E-state index contributed by atoms with van der Waals surface area (Å²) >= 11 is 12.0. The first-order chi connectivity index (χ1) is 10.5. The second kappa shape index (κ2) is 7.42. The fourth-order valence-electron chi connectivity index (χ4n) is 1.81. The number of hydrogen-bond acceptors (Lipinski definition) is 4. The molecule has 116 valence electrons. The Bertz CT molecular complexity index is 691. The van der Waals surface area contributed by atoms with E-state index in [4.69, 9.17) is 23.2 Å². The first kappa shape index (κ1) is 16.5. The highest BCUT2D eigenvalue weighted by Crippen LogP contribution is 2.29. The molecule has 0 spiro atoms. The maximum absolute atomic E-state index is 12.3. The number of amides is 1. The van der Waals surface area contributed by atoms with E-state index in [0.717, 1.165) is 13.0 Å². The average Bonchev–Trinajstić information content (AvgIpc) is 2.49. The van der Waals surface area contributed by atoms with Gasteiger partial charge in [-0.2, -0.15) is 0 Å². The average molecular weight is 339 g/mol. The predicted molar refractivity (Wildman–Crippen MR) is 90.0 cm³/mol. The lowest BCUT2D eigenvalue weighted by Gasteiger charge is -2.10. The van der Waals surface area contributed by atoms with Gasteiger partial charge >= 0.3 is 0 Å². The first-order valence-corrected chi connectivity index (χ1v) is 7.61. The van der Waals surface area contributed by atoms with Crippen LogP contribution >= 0.6 is 23.2 Å². The maximum atomic E-state index is 12.3. The zero-order valence-corrected chi connectivity index (χ0v) is 13.8. The quantitative estimate of drug-likeness (QED) is 0.858. The maximum Gasteiger partial charge on any atom is 0.274 e. The van der Waals surface area contributed by atoms with Gasteiger partial charge in [0.25, 0.3) is 5.91 Å². The number of carbonyl (C=O) groups excluding carboxylic acids is 1. The van der Waals surface area contributed by atoms with Crippen LogP contribution < -0.4 is 10.6 Å². The summed E-state index contributed by atoms with van der Waals surface area (Å²) in [5.41, 5.74) is 0.709. The van der Waals surface area contributed by atoms with Crippen molar-refractivity contribution in [3.05, 3.63) is 45.8 Å². The molecule has 0 aliphatic rings. The normalized spacial score (nSPS) is 10.4. The summed E-state index contributed by atoms with van der Waals surface area (Å²) in [6, 6.07) is 6.65. The van der Waals surface area contributed by atoms with Crippen molar-refractivity contribution in [2.24, 2.45) is 0 Å². The molecule has 2 aromatic rings. The zero-order valence-electron chi connectivity index (χ0n) is 12.3. The van der Waals surface area contributed by atoms with Crippen LogP contribution in [-0.2, 0) is 0 Å². The third-order valence-corrected chi connectivity index (χ3v) is 3.65. The number of aromatic nitrogens is 2. The Kier molecular flexibility index (Phi) is 5.57. The number of rotatable bonds is 5. The Morgan fingerprint density at radius 1 is 1.27 bits per heavy atom. The predicted octanol–water partition coefficient (Wildman–Crippen LogP) is 4.17. The minimum Gasteiger partial charge on any atom is -0.370 e. The summed E-state index contributed by atoms with van der Waals surface area (Å²) in [6.07, 6.45) is 0.961. The Morgan fingerprint density at radius 2 is 2.05 bits per heavy atom. The molecule has 22 heavy (non-hydrogen) atoms. The molecule has 0 aliphatic heterocycles. The van der Waals surface area contributed by atoms with Crippen molar-refractivity contribution < 1.29 is 4.79 Å². The number of hydrogen-bond donors (Lipinski definition) is 2. The highest BCUT2D eigenvalue weighted by atomic mass is 35.5. The van der Waals surface area contributed by atoms with Crippen molar-refractivity contribution in [2.75, 3.05) is 17.2 Å². The van der Waals surface area contributed by atoms with Crippen molar-refractivity contribution in [1.82, 2.24) is 9.97 Å². The SMILES string of the molecule is CCCNc1cc(C(=O)Nc2cccc(Cl)c2Cl)nc(C)n1. The summed E-state index contributed by atoms with van der Waals surface area (Å²) in [7, 11) is 0. The van der Waals surface area contributed by atoms with Crippen molar-refractivity contribution in [3.63, 3.8) is 0 Å². The molecule has 0 saturated carbocycles. The van der Waals surface area contributed by atoms with E-state index in [1.807, 2.05) is 0 Å². The molecule has 1 amide bonds. The second-order valence-corrected chi connectivity index (χ2v) is 5.45. The van der Waals surface area contributed by atoms with Crippen LogP contribution in [0.1, 0.15) is 29.7 Å². The number of halogens is 2. The molecule has 0 aliphatic carbocycles. The number of nitrogens with one attached hydrogen (secondary N) is 2. The van der Waals surface area contributed by atoms with Gasteiger partial charge in [0.1, 0.15) is 17.3 Å². The van der Waals surface area contributed by atoms with E-state index in [0.29, 0.717) is 27.4 Å². The summed E-state index contributed by atoms with van der Waals surface area (Å²) in [6.45, 7) is 4.56.